The third-order valence-corrected chi connectivity index (χ3v) is 8.09. The van der Waals surface area contributed by atoms with E-state index in [1.807, 2.05) is 6.07 Å². The van der Waals surface area contributed by atoms with Gasteiger partial charge < -0.3 is 0 Å². The van der Waals surface area contributed by atoms with E-state index in [2.05, 4.69) is 152 Å². The van der Waals surface area contributed by atoms with E-state index in [9.17, 15) is 0 Å². The minimum atomic E-state index is 0.722. The van der Waals surface area contributed by atoms with E-state index in [1.165, 1.54) is 26.9 Å². The zero-order valence-corrected chi connectivity index (χ0v) is 22.9. The van der Waals surface area contributed by atoms with Crippen LogP contribution in [0.5, 0.6) is 0 Å². The van der Waals surface area contributed by atoms with E-state index in [0.29, 0.717) is 0 Å². The fraction of sp³-hybridized carbons (Fsp3) is 0. The summed E-state index contributed by atoms with van der Waals surface area (Å²) in [5.41, 5.74) is 7.30. The second kappa shape index (κ2) is 10.1. The Balaban J connectivity index is 1.45. The summed E-state index contributed by atoms with van der Waals surface area (Å²) in [5, 5.41) is 7.26. The molecule has 1 heterocycles. The largest absolute Gasteiger partial charge is 0.228 e. The first-order valence-electron chi connectivity index (χ1n) is 14.3. The first kappa shape index (κ1) is 24.2. The minimum Gasteiger partial charge on any atom is -0.228 e. The van der Waals surface area contributed by atoms with E-state index in [4.69, 9.17) is 9.97 Å². The van der Waals surface area contributed by atoms with E-state index < -0.39 is 0 Å². The first-order valence-corrected chi connectivity index (χ1v) is 14.3. The zero-order valence-electron chi connectivity index (χ0n) is 22.9. The van der Waals surface area contributed by atoms with Crippen molar-refractivity contribution in [3.05, 3.63) is 158 Å². The molecular weight excluding hydrogens is 508 g/mol. The van der Waals surface area contributed by atoms with Gasteiger partial charge in [-0.1, -0.05) is 146 Å². The maximum Gasteiger partial charge on any atom is 0.161 e. The number of hydrogen-bond donors (Lipinski definition) is 0. The summed E-state index contributed by atoms with van der Waals surface area (Å²) < 4.78 is 0. The summed E-state index contributed by atoms with van der Waals surface area (Å²) in [6, 6.07) is 55.5. The SMILES string of the molecule is c1ccc(-c2cc(-c3ccccc3-c3ccccc3)nc(-c3cc4c5ccccc5ccc4c4ccccc34)n2)cc1. The van der Waals surface area contributed by atoms with Crippen LogP contribution >= 0.6 is 0 Å². The van der Waals surface area contributed by atoms with E-state index in [0.717, 1.165) is 50.4 Å². The van der Waals surface area contributed by atoms with Crippen molar-refractivity contribution in [1.82, 2.24) is 9.97 Å². The molecule has 0 atom stereocenters. The van der Waals surface area contributed by atoms with E-state index >= 15 is 0 Å². The van der Waals surface area contributed by atoms with Crippen molar-refractivity contribution < 1.29 is 0 Å². The monoisotopic (exact) mass is 534 g/mol. The van der Waals surface area contributed by atoms with Gasteiger partial charge in [-0.25, -0.2) is 9.97 Å². The van der Waals surface area contributed by atoms with E-state index in [1.54, 1.807) is 0 Å². The number of benzene rings is 7. The van der Waals surface area contributed by atoms with Crippen LogP contribution in [0.25, 0.3) is 77.3 Å². The molecule has 8 aromatic rings. The fourth-order valence-electron chi connectivity index (χ4n) is 6.08. The molecular formula is C40H26N2. The van der Waals surface area contributed by atoms with Crippen LogP contribution in [0.2, 0.25) is 0 Å². The molecule has 0 radical (unpaired) electrons. The van der Waals surface area contributed by atoms with Crippen LogP contribution in [0.3, 0.4) is 0 Å². The predicted molar refractivity (Wildman–Crippen MR) is 176 cm³/mol. The normalized spacial score (nSPS) is 11.3. The molecule has 0 saturated heterocycles. The maximum atomic E-state index is 5.31. The molecule has 2 nitrogen and oxygen atoms in total. The molecule has 0 aliphatic rings. The highest BCUT2D eigenvalue weighted by Crippen LogP contribution is 2.39. The number of hydrogen-bond acceptors (Lipinski definition) is 2. The Kier molecular flexibility index (Phi) is 5.82. The van der Waals surface area contributed by atoms with Gasteiger partial charge in [0.2, 0.25) is 0 Å². The third-order valence-electron chi connectivity index (χ3n) is 8.09. The minimum absolute atomic E-state index is 0.722. The summed E-state index contributed by atoms with van der Waals surface area (Å²) in [6.45, 7) is 0. The van der Waals surface area contributed by atoms with Crippen molar-refractivity contribution in [1.29, 1.82) is 0 Å². The Bertz CT molecular complexity index is 2240. The van der Waals surface area contributed by atoms with Gasteiger partial charge in [0.1, 0.15) is 0 Å². The van der Waals surface area contributed by atoms with Gasteiger partial charge in [-0.05, 0) is 55.6 Å². The quantitative estimate of drug-likeness (QED) is 0.210. The number of aromatic nitrogens is 2. The summed E-state index contributed by atoms with van der Waals surface area (Å²) in [7, 11) is 0. The Morgan fingerprint density at radius 1 is 0.310 bits per heavy atom. The molecule has 0 unspecified atom stereocenters. The molecule has 0 aliphatic carbocycles. The molecule has 0 saturated carbocycles. The van der Waals surface area contributed by atoms with Gasteiger partial charge >= 0.3 is 0 Å². The van der Waals surface area contributed by atoms with Crippen LogP contribution in [-0.4, -0.2) is 9.97 Å². The molecule has 42 heavy (non-hydrogen) atoms. The molecule has 0 N–H and O–H groups in total. The molecule has 2 heteroatoms. The van der Waals surface area contributed by atoms with Gasteiger partial charge in [-0.3, -0.25) is 0 Å². The number of rotatable bonds is 4. The summed E-state index contributed by atoms with van der Waals surface area (Å²) in [5.74, 6) is 0.722. The predicted octanol–water partition coefficient (Wildman–Crippen LogP) is 10.6. The summed E-state index contributed by atoms with van der Waals surface area (Å²) in [6.07, 6.45) is 0. The Hall–Kier alpha value is -5.60. The summed E-state index contributed by atoms with van der Waals surface area (Å²) >= 11 is 0. The van der Waals surface area contributed by atoms with Crippen LogP contribution in [0.15, 0.2) is 158 Å². The van der Waals surface area contributed by atoms with Crippen LogP contribution in [-0.2, 0) is 0 Å². The number of nitrogens with zero attached hydrogens (tertiary/aromatic N) is 2. The smallest absolute Gasteiger partial charge is 0.161 e. The van der Waals surface area contributed by atoms with Crippen LogP contribution in [0.4, 0.5) is 0 Å². The maximum absolute atomic E-state index is 5.31. The van der Waals surface area contributed by atoms with Crippen LogP contribution in [0.1, 0.15) is 0 Å². The average molecular weight is 535 g/mol. The average Bonchev–Trinajstić information content (AvgIpc) is 3.08. The van der Waals surface area contributed by atoms with Crippen molar-refractivity contribution in [2.45, 2.75) is 0 Å². The molecule has 7 aromatic carbocycles. The highest BCUT2D eigenvalue weighted by molar-refractivity contribution is 6.20. The van der Waals surface area contributed by atoms with E-state index in [-0.39, 0.29) is 0 Å². The molecule has 8 rings (SSSR count). The lowest BCUT2D eigenvalue weighted by atomic mass is 9.93. The van der Waals surface area contributed by atoms with Crippen molar-refractivity contribution in [2.24, 2.45) is 0 Å². The van der Waals surface area contributed by atoms with Crippen LogP contribution in [0, 0.1) is 0 Å². The molecule has 0 spiro atoms. The second-order valence-electron chi connectivity index (χ2n) is 10.6. The molecule has 0 fully saturated rings. The molecule has 0 amide bonds. The van der Waals surface area contributed by atoms with Crippen molar-refractivity contribution in [3.8, 4) is 45.0 Å². The first-order chi connectivity index (χ1) is 20.8. The topological polar surface area (TPSA) is 25.8 Å². The highest BCUT2D eigenvalue weighted by Gasteiger charge is 2.17. The van der Waals surface area contributed by atoms with Crippen molar-refractivity contribution >= 4 is 32.3 Å². The lowest BCUT2D eigenvalue weighted by Gasteiger charge is -2.15. The van der Waals surface area contributed by atoms with Gasteiger partial charge in [0.15, 0.2) is 5.82 Å². The molecule has 0 bridgehead atoms. The molecule has 0 aliphatic heterocycles. The summed E-state index contributed by atoms with van der Waals surface area (Å²) in [4.78, 5) is 10.5. The fourth-order valence-corrected chi connectivity index (χ4v) is 6.08. The third kappa shape index (κ3) is 4.13. The van der Waals surface area contributed by atoms with Crippen molar-refractivity contribution in [3.63, 3.8) is 0 Å². The van der Waals surface area contributed by atoms with Gasteiger partial charge in [0, 0.05) is 16.7 Å². The van der Waals surface area contributed by atoms with Crippen molar-refractivity contribution in [2.75, 3.05) is 0 Å². The second-order valence-corrected chi connectivity index (χ2v) is 10.6. The lowest BCUT2D eigenvalue weighted by Crippen LogP contribution is -1.98. The van der Waals surface area contributed by atoms with Gasteiger partial charge in [-0.15, -0.1) is 0 Å². The zero-order chi connectivity index (χ0) is 27.9. The molecule has 1 aromatic heterocycles. The Morgan fingerprint density at radius 3 is 1.67 bits per heavy atom. The van der Waals surface area contributed by atoms with Gasteiger partial charge in [-0.2, -0.15) is 0 Å². The highest BCUT2D eigenvalue weighted by atomic mass is 14.9. The molecule has 196 valence electrons. The van der Waals surface area contributed by atoms with Gasteiger partial charge in [0.05, 0.1) is 11.4 Å². The lowest BCUT2D eigenvalue weighted by molar-refractivity contribution is 1.19. The van der Waals surface area contributed by atoms with Crippen LogP contribution < -0.4 is 0 Å². The number of fused-ring (bicyclic) bond motifs is 5. The Labute approximate surface area is 244 Å². The van der Waals surface area contributed by atoms with Gasteiger partial charge in [0.25, 0.3) is 0 Å². The Morgan fingerprint density at radius 2 is 0.881 bits per heavy atom. The standard InChI is InChI=1S/C40H26N2/c1-3-13-27(14-4-1)30-18-9-12-22-35(30)39-26-38(29-16-5-2-6-17-29)41-40(42-39)37-25-36-31-19-8-7-15-28(31)23-24-34(36)32-20-10-11-21-33(32)37/h1-26H.